The lowest BCUT2D eigenvalue weighted by atomic mass is 9.84. The number of hydrogen-bond donors (Lipinski definition) is 0. The van der Waals surface area contributed by atoms with Crippen molar-refractivity contribution in [3.05, 3.63) is 107 Å². The van der Waals surface area contributed by atoms with E-state index in [0.29, 0.717) is 18.2 Å². The molecule has 0 nitrogen and oxygen atoms in total. The van der Waals surface area contributed by atoms with Crippen LogP contribution < -0.4 is 0 Å². The summed E-state index contributed by atoms with van der Waals surface area (Å²) >= 11 is 0. The standard InChI is InChI=1S/C27H9F11/c28-10-5-6-13(16(31)9-10)17-11-3-1-2-4-12(11)18(20-15(30)8-7-14(29)19(17)20)21-23(32)25(34)22(27(36,37)38)26(35)24(21)33/h1-9H. The fourth-order valence-electron chi connectivity index (χ4n) is 4.56. The van der Waals surface area contributed by atoms with E-state index < -0.39 is 96.7 Å². The molecule has 194 valence electrons. The van der Waals surface area contributed by atoms with Crippen LogP contribution in [0.15, 0.2) is 54.6 Å². The van der Waals surface area contributed by atoms with Crippen molar-refractivity contribution in [1.82, 2.24) is 0 Å². The van der Waals surface area contributed by atoms with E-state index >= 15 is 17.6 Å². The first-order valence-corrected chi connectivity index (χ1v) is 10.6. The number of fused-ring (bicyclic) bond motifs is 2. The summed E-state index contributed by atoms with van der Waals surface area (Å²) in [6.45, 7) is 0. The van der Waals surface area contributed by atoms with Crippen LogP contribution in [-0.2, 0) is 6.18 Å². The molecule has 0 radical (unpaired) electrons. The van der Waals surface area contributed by atoms with E-state index in [4.69, 9.17) is 0 Å². The van der Waals surface area contributed by atoms with Crippen molar-refractivity contribution in [1.29, 1.82) is 0 Å². The van der Waals surface area contributed by atoms with E-state index in [-0.39, 0.29) is 5.39 Å². The minimum atomic E-state index is -5.83. The van der Waals surface area contributed by atoms with Crippen molar-refractivity contribution in [3.63, 3.8) is 0 Å². The lowest BCUT2D eigenvalue weighted by Crippen LogP contribution is -2.16. The molecular formula is C27H9F11. The van der Waals surface area contributed by atoms with Gasteiger partial charge in [0.1, 0.15) is 28.8 Å². The maximum Gasteiger partial charge on any atom is 0.422 e. The zero-order chi connectivity index (χ0) is 27.7. The molecule has 0 aliphatic rings. The van der Waals surface area contributed by atoms with Gasteiger partial charge in [-0.2, -0.15) is 13.2 Å². The van der Waals surface area contributed by atoms with Gasteiger partial charge >= 0.3 is 6.18 Å². The first kappa shape index (κ1) is 25.5. The van der Waals surface area contributed by atoms with Crippen LogP contribution in [0.5, 0.6) is 0 Å². The Morgan fingerprint density at radius 1 is 0.474 bits per heavy atom. The summed E-state index contributed by atoms with van der Waals surface area (Å²) in [5, 5.41) is -2.47. The summed E-state index contributed by atoms with van der Waals surface area (Å²) in [5.74, 6) is -15.5. The molecule has 0 bridgehead atoms. The maximum absolute atomic E-state index is 15.3. The van der Waals surface area contributed by atoms with Crippen LogP contribution in [-0.4, -0.2) is 0 Å². The van der Waals surface area contributed by atoms with Gasteiger partial charge in [-0.15, -0.1) is 0 Å². The van der Waals surface area contributed by atoms with E-state index in [1.165, 1.54) is 18.2 Å². The molecule has 0 saturated carbocycles. The first-order chi connectivity index (χ1) is 17.8. The quantitative estimate of drug-likeness (QED) is 0.118. The fraction of sp³-hybridized carbons (Fsp3) is 0.0370. The average molecular weight is 542 g/mol. The van der Waals surface area contributed by atoms with Crippen LogP contribution in [0.2, 0.25) is 0 Å². The smallest absolute Gasteiger partial charge is 0.207 e. The molecule has 0 saturated heterocycles. The van der Waals surface area contributed by atoms with Gasteiger partial charge in [0.25, 0.3) is 0 Å². The summed E-state index contributed by atoms with van der Waals surface area (Å²) in [6.07, 6.45) is -5.83. The van der Waals surface area contributed by atoms with Crippen LogP contribution in [0.1, 0.15) is 5.56 Å². The third-order valence-electron chi connectivity index (χ3n) is 6.07. The number of hydrogen-bond acceptors (Lipinski definition) is 0. The van der Waals surface area contributed by atoms with E-state index in [1.54, 1.807) is 0 Å². The lowest BCUT2D eigenvalue weighted by molar-refractivity contribution is -0.143. The molecule has 0 amide bonds. The third kappa shape index (κ3) is 3.67. The Hall–Kier alpha value is -4.15. The SMILES string of the molecule is Fc1ccc(-c2c3ccccc3c(-c3c(F)c(F)c(C(F)(F)F)c(F)c3F)c3c(F)ccc(F)c23)c(F)c1. The molecule has 5 aromatic carbocycles. The number of benzene rings is 5. The van der Waals surface area contributed by atoms with E-state index in [0.717, 1.165) is 18.2 Å². The maximum atomic E-state index is 15.3. The Kier molecular flexibility index (Phi) is 5.85. The molecule has 0 spiro atoms. The van der Waals surface area contributed by atoms with E-state index in [1.807, 2.05) is 0 Å². The molecule has 0 fully saturated rings. The number of rotatable bonds is 2. The van der Waals surface area contributed by atoms with Crippen LogP contribution >= 0.6 is 0 Å². The Bertz CT molecular complexity index is 1760. The molecule has 0 unspecified atom stereocenters. The van der Waals surface area contributed by atoms with Crippen molar-refractivity contribution < 1.29 is 48.3 Å². The zero-order valence-corrected chi connectivity index (χ0v) is 18.4. The van der Waals surface area contributed by atoms with Gasteiger partial charge in [0, 0.05) is 33.5 Å². The second-order valence-corrected chi connectivity index (χ2v) is 8.20. The zero-order valence-electron chi connectivity index (χ0n) is 18.4. The second-order valence-electron chi connectivity index (χ2n) is 8.20. The van der Waals surface area contributed by atoms with Crippen molar-refractivity contribution in [2.75, 3.05) is 0 Å². The molecule has 11 heteroatoms. The van der Waals surface area contributed by atoms with Gasteiger partial charge in [0.15, 0.2) is 23.3 Å². The Labute approximate surface area is 205 Å². The predicted octanol–water partition coefficient (Wildman–Crippen LogP) is 9.46. The summed E-state index contributed by atoms with van der Waals surface area (Å²) in [5.41, 5.74) is -6.45. The van der Waals surface area contributed by atoms with Crippen LogP contribution in [0.25, 0.3) is 43.8 Å². The van der Waals surface area contributed by atoms with Crippen LogP contribution in [0, 0.1) is 46.5 Å². The summed E-state index contributed by atoms with van der Waals surface area (Å²) < 4.78 is 158. The summed E-state index contributed by atoms with van der Waals surface area (Å²) in [4.78, 5) is 0. The van der Waals surface area contributed by atoms with Crippen LogP contribution in [0.4, 0.5) is 48.3 Å². The van der Waals surface area contributed by atoms with Crippen molar-refractivity contribution in [3.8, 4) is 22.3 Å². The van der Waals surface area contributed by atoms with Crippen LogP contribution in [0.3, 0.4) is 0 Å². The number of alkyl halides is 3. The highest BCUT2D eigenvalue weighted by molar-refractivity contribution is 6.21. The van der Waals surface area contributed by atoms with Gasteiger partial charge in [0.2, 0.25) is 0 Å². The molecular weight excluding hydrogens is 533 g/mol. The first-order valence-electron chi connectivity index (χ1n) is 10.6. The molecule has 0 aliphatic heterocycles. The molecule has 5 rings (SSSR count). The van der Waals surface area contributed by atoms with Gasteiger partial charge < -0.3 is 0 Å². The summed E-state index contributed by atoms with van der Waals surface area (Å²) in [6, 6.07) is 8.01. The molecule has 0 N–H and O–H groups in total. The fourth-order valence-corrected chi connectivity index (χ4v) is 4.56. The van der Waals surface area contributed by atoms with Gasteiger partial charge in [-0.25, -0.2) is 35.1 Å². The monoisotopic (exact) mass is 542 g/mol. The number of halogens is 11. The van der Waals surface area contributed by atoms with E-state index in [9.17, 15) is 30.7 Å². The molecule has 0 atom stereocenters. The minimum absolute atomic E-state index is 0.232. The molecule has 0 heterocycles. The van der Waals surface area contributed by atoms with Crippen molar-refractivity contribution >= 4 is 21.5 Å². The molecule has 0 aromatic heterocycles. The third-order valence-corrected chi connectivity index (χ3v) is 6.07. The lowest BCUT2D eigenvalue weighted by Gasteiger charge is -2.20. The van der Waals surface area contributed by atoms with Gasteiger partial charge in [0.05, 0.1) is 5.56 Å². The van der Waals surface area contributed by atoms with Gasteiger partial charge in [-0.05, 0) is 35.0 Å². The van der Waals surface area contributed by atoms with Gasteiger partial charge in [-0.1, -0.05) is 24.3 Å². The Balaban J connectivity index is 2.08. The average Bonchev–Trinajstić information content (AvgIpc) is 2.84. The predicted molar refractivity (Wildman–Crippen MR) is 117 cm³/mol. The summed E-state index contributed by atoms with van der Waals surface area (Å²) in [7, 11) is 0. The van der Waals surface area contributed by atoms with Gasteiger partial charge in [-0.3, -0.25) is 0 Å². The second kappa shape index (κ2) is 8.71. The highest BCUT2D eigenvalue weighted by Gasteiger charge is 2.43. The minimum Gasteiger partial charge on any atom is -0.207 e. The van der Waals surface area contributed by atoms with Crippen molar-refractivity contribution in [2.45, 2.75) is 6.18 Å². The topological polar surface area (TPSA) is 0 Å². The van der Waals surface area contributed by atoms with E-state index in [2.05, 4.69) is 0 Å². The molecule has 0 aliphatic carbocycles. The highest BCUT2D eigenvalue weighted by Crippen LogP contribution is 2.49. The molecule has 38 heavy (non-hydrogen) atoms. The Morgan fingerprint density at radius 2 is 0.974 bits per heavy atom. The molecule has 5 aromatic rings. The highest BCUT2D eigenvalue weighted by atomic mass is 19.4. The largest absolute Gasteiger partial charge is 0.422 e. The van der Waals surface area contributed by atoms with Crippen molar-refractivity contribution in [2.24, 2.45) is 0 Å². The Morgan fingerprint density at radius 3 is 1.47 bits per heavy atom. The normalized spacial score (nSPS) is 12.1.